The molecule has 3 rings (SSSR count). The van der Waals surface area contributed by atoms with Crippen molar-refractivity contribution in [1.29, 1.82) is 0 Å². The van der Waals surface area contributed by atoms with E-state index in [4.69, 9.17) is 0 Å². The Morgan fingerprint density at radius 2 is 1.67 bits per heavy atom. The molecule has 2 aromatic carbocycles. The van der Waals surface area contributed by atoms with Crippen LogP contribution in [0.1, 0.15) is 43.4 Å². The van der Waals surface area contributed by atoms with Gasteiger partial charge in [0.15, 0.2) is 0 Å². The average Bonchev–Trinajstić information content (AvgIpc) is 2.61. The maximum absolute atomic E-state index is 2.40. The lowest BCUT2D eigenvalue weighted by molar-refractivity contribution is 0.524. The number of fused-ring (bicyclic) bond motifs is 3. The Balaban J connectivity index is 2.31. The van der Waals surface area contributed by atoms with Gasteiger partial charge in [-0.15, -0.1) is 0 Å². The molecule has 0 saturated heterocycles. The lowest BCUT2D eigenvalue weighted by Crippen LogP contribution is -2.20. The van der Waals surface area contributed by atoms with Gasteiger partial charge in [-0.25, -0.2) is 0 Å². The van der Waals surface area contributed by atoms with Gasteiger partial charge in [0.2, 0.25) is 0 Å². The summed E-state index contributed by atoms with van der Waals surface area (Å²) in [5.41, 5.74) is 7.46. The second-order valence-electron chi connectivity index (χ2n) is 5.68. The summed E-state index contributed by atoms with van der Waals surface area (Å²) in [7, 11) is 0. The van der Waals surface area contributed by atoms with Crippen molar-refractivity contribution in [2.75, 3.05) is 0 Å². The van der Waals surface area contributed by atoms with E-state index >= 15 is 0 Å². The van der Waals surface area contributed by atoms with E-state index in [1.165, 1.54) is 40.7 Å². The van der Waals surface area contributed by atoms with Crippen LogP contribution >= 0.6 is 0 Å². The summed E-state index contributed by atoms with van der Waals surface area (Å²) in [5, 5.41) is 0. The zero-order valence-corrected chi connectivity index (χ0v) is 11.5. The highest BCUT2D eigenvalue weighted by atomic mass is 14.4. The quantitative estimate of drug-likeness (QED) is 0.682. The van der Waals surface area contributed by atoms with E-state index in [-0.39, 0.29) is 5.41 Å². The van der Waals surface area contributed by atoms with Gasteiger partial charge in [-0.3, -0.25) is 0 Å². The van der Waals surface area contributed by atoms with Crippen LogP contribution in [0.4, 0.5) is 0 Å². The van der Waals surface area contributed by atoms with Gasteiger partial charge in [0, 0.05) is 5.41 Å². The lowest BCUT2D eigenvalue weighted by Gasteiger charge is -2.27. The molecule has 0 N–H and O–H groups in total. The Kier molecular flexibility index (Phi) is 2.55. The molecule has 1 aliphatic rings. The van der Waals surface area contributed by atoms with Gasteiger partial charge in [0.25, 0.3) is 0 Å². The molecule has 0 aliphatic heterocycles. The fraction of sp³-hybridized carbons (Fsp3) is 0.333. The van der Waals surface area contributed by atoms with Gasteiger partial charge in [0.05, 0.1) is 0 Å². The second kappa shape index (κ2) is 3.98. The minimum absolute atomic E-state index is 0.201. The van der Waals surface area contributed by atoms with E-state index in [1.54, 1.807) is 0 Å². The Labute approximate surface area is 110 Å². The van der Waals surface area contributed by atoms with Crippen molar-refractivity contribution in [1.82, 2.24) is 0 Å². The zero-order chi connectivity index (χ0) is 12.8. The van der Waals surface area contributed by atoms with Crippen LogP contribution in [-0.2, 0) is 5.41 Å². The zero-order valence-electron chi connectivity index (χ0n) is 11.5. The standard InChI is InChI=1S/C18H20/c1-4-11-18(3)16-8-6-5-7-14(16)15-10-9-13(2)12-17(15)18/h5-10,12H,4,11H2,1-3H3. The number of hydrogen-bond donors (Lipinski definition) is 0. The molecule has 92 valence electrons. The summed E-state index contributed by atoms with van der Waals surface area (Å²) in [4.78, 5) is 0. The van der Waals surface area contributed by atoms with Crippen LogP contribution in [0, 0.1) is 6.92 Å². The minimum Gasteiger partial charge on any atom is -0.0653 e. The number of hydrogen-bond acceptors (Lipinski definition) is 0. The molecule has 0 heterocycles. The normalized spacial score (nSPS) is 20.6. The van der Waals surface area contributed by atoms with Crippen molar-refractivity contribution >= 4 is 0 Å². The molecule has 0 nitrogen and oxygen atoms in total. The van der Waals surface area contributed by atoms with E-state index in [9.17, 15) is 0 Å². The predicted molar refractivity (Wildman–Crippen MR) is 78.0 cm³/mol. The summed E-state index contributed by atoms with van der Waals surface area (Å²) in [6.45, 7) is 6.87. The smallest absolute Gasteiger partial charge is 0.0187 e. The molecular formula is C18H20. The third-order valence-corrected chi connectivity index (χ3v) is 4.33. The van der Waals surface area contributed by atoms with Crippen molar-refractivity contribution < 1.29 is 0 Å². The minimum atomic E-state index is 0.201. The van der Waals surface area contributed by atoms with E-state index in [0.29, 0.717) is 0 Å². The molecule has 0 aromatic heterocycles. The topological polar surface area (TPSA) is 0 Å². The molecule has 0 saturated carbocycles. The Morgan fingerprint density at radius 1 is 0.944 bits per heavy atom. The Bertz CT molecular complexity index is 595. The van der Waals surface area contributed by atoms with Crippen molar-refractivity contribution in [2.24, 2.45) is 0 Å². The molecule has 0 bridgehead atoms. The summed E-state index contributed by atoms with van der Waals surface area (Å²) in [5.74, 6) is 0. The van der Waals surface area contributed by atoms with Crippen LogP contribution in [0.5, 0.6) is 0 Å². The number of benzene rings is 2. The first-order valence-electron chi connectivity index (χ1n) is 6.88. The number of rotatable bonds is 2. The molecule has 1 unspecified atom stereocenters. The molecule has 1 atom stereocenters. The molecule has 0 amide bonds. The molecule has 1 aliphatic carbocycles. The van der Waals surface area contributed by atoms with Crippen molar-refractivity contribution in [3.63, 3.8) is 0 Å². The Hall–Kier alpha value is -1.56. The van der Waals surface area contributed by atoms with E-state index < -0.39 is 0 Å². The summed E-state index contributed by atoms with van der Waals surface area (Å²) in [6, 6.07) is 15.8. The molecule has 2 aromatic rings. The SMILES string of the molecule is CCCC1(C)c2ccccc2-c2ccc(C)cc21. The predicted octanol–water partition coefficient (Wildman–Crippen LogP) is 5.08. The van der Waals surface area contributed by atoms with Crippen LogP contribution < -0.4 is 0 Å². The first-order chi connectivity index (χ1) is 8.66. The largest absolute Gasteiger partial charge is 0.0653 e. The maximum atomic E-state index is 2.40. The maximum Gasteiger partial charge on any atom is 0.0187 e. The van der Waals surface area contributed by atoms with Crippen LogP contribution in [0.25, 0.3) is 11.1 Å². The van der Waals surface area contributed by atoms with Crippen LogP contribution in [-0.4, -0.2) is 0 Å². The molecular weight excluding hydrogens is 216 g/mol. The molecule has 0 spiro atoms. The average molecular weight is 236 g/mol. The highest BCUT2D eigenvalue weighted by molar-refractivity contribution is 5.81. The molecule has 0 radical (unpaired) electrons. The highest BCUT2D eigenvalue weighted by Gasteiger charge is 2.37. The first-order valence-corrected chi connectivity index (χ1v) is 6.88. The molecule has 18 heavy (non-hydrogen) atoms. The van der Waals surface area contributed by atoms with Crippen LogP contribution in [0.2, 0.25) is 0 Å². The number of aryl methyl sites for hydroxylation is 1. The molecule has 0 fully saturated rings. The summed E-state index contributed by atoms with van der Waals surface area (Å²) >= 11 is 0. The van der Waals surface area contributed by atoms with E-state index in [0.717, 1.165) is 0 Å². The van der Waals surface area contributed by atoms with Gasteiger partial charge in [-0.05, 0) is 35.6 Å². The van der Waals surface area contributed by atoms with Crippen LogP contribution in [0.15, 0.2) is 42.5 Å². The highest BCUT2D eigenvalue weighted by Crippen LogP contribution is 2.51. The van der Waals surface area contributed by atoms with Gasteiger partial charge in [-0.1, -0.05) is 68.3 Å². The summed E-state index contributed by atoms with van der Waals surface area (Å²) in [6.07, 6.45) is 2.44. The third kappa shape index (κ3) is 1.45. The van der Waals surface area contributed by atoms with E-state index in [2.05, 4.69) is 63.2 Å². The van der Waals surface area contributed by atoms with Crippen LogP contribution in [0.3, 0.4) is 0 Å². The van der Waals surface area contributed by atoms with E-state index in [1.807, 2.05) is 0 Å². The van der Waals surface area contributed by atoms with Gasteiger partial charge in [0.1, 0.15) is 0 Å². The van der Waals surface area contributed by atoms with Gasteiger partial charge in [-0.2, -0.15) is 0 Å². The third-order valence-electron chi connectivity index (χ3n) is 4.33. The van der Waals surface area contributed by atoms with Crippen molar-refractivity contribution in [2.45, 2.75) is 39.0 Å². The lowest BCUT2D eigenvalue weighted by atomic mass is 9.76. The Morgan fingerprint density at radius 3 is 2.44 bits per heavy atom. The van der Waals surface area contributed by atoms with Gasteiger partial charge < -0.3 is 0 Å². The first kappa shape index (κ1) is 11.5. The van der Waals surface area contributed by atoms with Crippen molar-refractivity contribution in [3.8, 4) is 11.1 Å². The monoisotopic (exact) mass is 236 g/mol. The fourth-order valence-electron chi connectivity index (χ4n) is 3.46. The summed E-state index contributed by atoms with van der Waals surface area (Å²) < 4.78 is 0. The van der Waals surface area contributed by atoms with Crippen molar-refractivity contribution in [3.05, 3.63) is 59.2 Å². The fourth-order valence-corrected chi connectivity index (χ4v) is 3.46. The van der Waals surface area contributed by atoms with Gasteiger partial charge >= 0.3 is 0 Å². The molecule has 0 heteroatoms. The second-order valence-corrected chi connectivity index (χ2v) is 5.68.